The lowest BCUT2D eigenvalue weighted by Crippen LogP contribution is -2.39. The van der Waals surface area contributed by atoms with E-state index >= 15 is 0 Å². The number of benzene rings is 1. The zero-order valence-electron chi connectivity index (χ0n) is 16.4. The summed E-state index contributed by atoms with van der Waals surface area (Å²) in [7, 11) is 0. The van der Waals surface area contributed by atoms with Crippen molar-refractivity contribution in [3.8, 4) is 0 Å². The minimum atomic E-state index is -0.120. The summed E-state index contributed by atoms with van der Waals surface area (Å²) in [6, 6.07) is 7.10. The zero-order chi connectivity index (χ0) is 19.5. The van der Waals surface area contributed by atoms with Crippen LogP contribution in [0.15, 0.2) is 24.3 Å². The van der Waals surface area contributed by atoms with Gasteiger partial charge < -0.3 is 14.8 Å². The van der Waals surface area contributed by atoms with Crippen LogP contribution >= 0.6 is 0 Å². The van der Waals surface area contributed by atoms with Crippen LogP contribution in [0.5, 0.6) is 0 Å². The molecule has 0 spiro atoms. The Balaban J connectivity index is 1.47. The number of hydrogen-bond acceptors (Lipinski definition) is 4. The van der Waals surface area contributed by atoms with Crippen molar-refractivity contribution in [3.05, 3.63) is 41.5 Å². The third-order valence-electron chi connectivity index (χ3n) is 5.66. The molecule has 28 heavy (non-hydrogen) atoms. The molecular formula is C21H27N5O2. The molecule has 0 radical (unpaired) electrons. The number of piperidine rings is 1. The third-order valence-corrected chi connectivity index (χ3v) is 5.66. The number of aryl methyl sites for hydroxylation is 1. The molecule has 7 heteroatoms. The molecule has 1 N–H and O–H groups in total. The van der Waals surface area contributed by atoms with Gasteiger partial charge in [0.2, 0.25) is 5.91 Å². The molecule has 2 amide bonds. The normalized spacial score (nSPS) is 19.6. The van der Waals surface area contributed by atoms with Crippen LogP contribution < -0.4 is 5.32 Å². The van der Waals surface area contributed by atoms with Crippen LogP contribution in [0.4, 0.5) is 5.69 Å². The largest absolute Gasteiger partial charge is 0.338 e. The highest BCUT2D eigenvalue weighted by molar-refractivity contribution is 5.95. The maximum absolute atomic E-state index is 13.0. The second-order valence-electron chi connectivity index (χ2n) is 7.79. The number of nitrogens with zero attached hydrogens (tertiary/aromatic N) is 4. The minimum Gasteiger partial charge on any atom is -0.338 e. The van der Waals surface area contributed by atoms with Gasteiger partial charge in [-0.3, -0.25) is 9.59 Å². The summed E-state index contributed by atoms with van der Waals surface area (Å²) < 4.78 is 2.30. The van der Waals surface area contributed by atoms with E-state index in [9.17, 15) is 9.59 Å². The van der Waals surface area contributed by atoms with E-state index in [0.29, 0.717) is 17.8 Å². The van der Waals surface area contributed by atoms with Crippen LogP contribution in [0.3, 0.4) is 0 Å². The number of rotatable bonds is 3. The van der Waals surface area contributed by atoms with Gasteiger partial charge in [-0.1, -0.05) is 6.42 Å². The molecule has 3 heterocycles. The Bertz CT molecular complexity index is 858. The van der Waals surface area contributed by atoms with Crippen LogP contribution in [0.25, 0.3) is 0 Å². The van der Waals surface area contributed by atoms with Gasteiger partial charge in [0.25, 0.3) is 5.91 Å². The summed E-state index contributed by atoms with van der Waals surface area (Å²) in [5.41, 5.74) is 1.35. The van der Waals surface area contributed by atoms with Crippen LogP contribution in [0.2, 0.25) is 0 Å². The molecule has 0 saturated carbocycles. The Morgan fingerprint density at radius 1 is 1.04 bits per heavy atom. The molecule has 0 bridgehead atoms. The average Bonchev–Trinajstić information content (AvgIpc) is 2.96. The monoisotopic (exact) mass is 381 g/mol. The van der Waals surface area contributed by atoms with Gasteiger partial charge in [-0.2, -0.15) is 0 Å². The van der Waals surface area contributed by atoms with Crippen LogP contribution in [-0.2, 0) is 17.8 Å². The van der Waals surface area contributed by atoms with Crippen LogP contribution in [0.1, 0.15) is 67.0 Å². The zero-order valence-corrected chi connectivity index (χ0v) is 16.4. The van der Waals surface area contributed by atoms with Crippen molar-refractivity contribution in [3.63, 3.8) is 0 Å². The van der Waals surface area contributed by atoms with Gasteiger partial charge in [-0.05, 0) is 49.9 Å². The van der Waals surface area contributed by atoms with Gasteiger partial charge in [0, 0.05) is 50.1 Å². The van der Waals surface area contributed by atoms with Crippen molar-refractivity contribution in [2.75, 3.05) is 18.4 Å². The van der Waals surface area contributed by atoms with Crippen LogP contribution in [0, 0.1) is 0 Å². The summed E-state index contributed by atoms with van der Waals surface area (Å²) in [6.45, 7) is 3.92. The summed E-state index contributed by atoms with van der Waals surface area (Å²) in [4.78, 5) is 26.1. The maximum Gasteiger partial charge on any atom is 0.253 e. The molecule has 148 valence electrons. The lowest BCUT2D eigenvalue weighted by Gasteiger charge is -2.32. The summed E-state index contributed by atoms with van der Waals surface area (Å²) >= 11 is 0. The van der Waals surface area contributed by atoms with Gasteiger partial charge in [0.1, 0.15) is 11.6 Å². The number of carbonyl (C=O) groups is 2. The standard InChI is InChI=1S/C21H27N5O2/c1-15(27)22-18-10-8-16(9-11-18)21(28)25-12-5-6-17(14-25)20-24-23-19-7-3-2-4-13-26(19)20/h8-11,17H,2-7,12-14H2,1H3,(H,22,27). The molecule has 2 aliphatic rings. The Labute approximate surface area is 165 Å². The fourth-order valence-corrected chi connectivity index (χ4v) is 4.26. The lowest BCUT2D eigenvalue weighted by molar-refractivity contribution is -0.114. The molecule has 1 saturated heterocycles. The number of fused-ring (bicyclic) bond motifs is 1. The molecule has 1 unspecified atom stereocenters. The van der Waals surface area contributed by atoms with E-state index in [0.717, 1.165) is 44.0 Å². The predicted octanol–water partition coefficient (Wildman–Crippen LogP) is 2.98. The Morgan fingerprint density at radius 3 is 2.64 bits per heavy atom. The Hall–Kier alpha value is -2.70. The van der Waals surface area contributed by atoms with Gasteiger partial charge in [-0.25, -0.2) is 0 Å². The van der Waals surface area contributed by atoms with E-state index < -0.39 is 0 Å². The lowest BCUT2D eigenvalue weighted by atomic mass is 9.96. The Kier molecular flexibility index (Phi) is 5.41. The molecule has 2 aromatic rings. The van der Waals surface area contributed by atoms with Crippen molar-refractivity contribution in [2.45, 2.75) is 57.9 Å². The number of nitrogens with one attached hydrogen (secondary N) is 1. The quantitative estimate of drug-likeness (QED) is 0.886. The van der Waals surface area contributed by atoms with E-state index in [2.05, 4.69) is 20.1 Å². The van der Waals surface area contributed by atoms with Gasteiger partial charge >= 0.3 is 0 Å². The molecule has 1 fully saturated rings. The van der Waals surface area contributed by atoms with Gasteiger partial charge in [0.15, 0.2) is 0 Å². The van der Waals surface area contributed by atoms with Crippen molar-refractivity contribution in [2.24, 2.45) is 0 Å². The fraction of sp³-hybridized carbons (Fsp3) is 0.524. The van der Waals surface area contributed by atoms with Crippen molar-refractivity contribution in [1.82, 2.24) is 19.7 Å². The third kappa shape index (κ3) is 3.93. The number of likely N-dealkylation sites (tertiary alicyclic amines) is 1. The second kappa shape index (κ2) is 8.12. The number of amides is 2. The second-order valence-corrected chi connectivity index (χ2v) is 7.79. The van der Waals surface area contributed by atoms with Crippen molar-refractivity contribution >= 4 is 17.5 Å². The van der Waals surface area contributed by atoms with E-state index in [1.54, 1.807) is 24.3 Å². The highest BCUT2D eigenvalue weighted by atomic mass is 16.2. The molecule has 0 aliphatic carbocycles. The first-order valence-electron chi connectivity index (χ1n) is 10.2. The molecule has 1 atom stereocenters. The fourth-order valence-electron chi connectivity index (χ4n) is 4.26. The number of hydrogen-bond donors (Lipinski definition) is 1. The topological polar surface area (TPSA) is 80.1 Å². The molecule has 1 aromatic carbocycles. The van der Waals surface area contributed by atoms with Crippen molar-refractivity contribution in [1.29, 1.82) is 0 Å². The Morgan fingerprint density at radius 2 is 1.86 bits per heavy atom. The van der Waals surface area contributed by atoms with E-state index in [1.807, 2.05) is 4.90 Å². The highest BCUT2D eigenvalue weighted by Crippen LogP contribution is 2.29. The minimum absolute atomic E-state index is 0.0367. The highest BCUT2D eigenvalue weighted by Gasteiger charge is 2.29. The summed E-state index contributed by atoms with van der Waals surface area (Å²) in [5.74, 6) is 2.32. The smallest absolute Gasteiger partial charge is 0.253 e. The molecule has 1 aromatic heterocycles. The molecular weight excluding hydrogens is 354 g/mol. The van der Waals surface area contributed by atoms with Crippen LogP contribution in [-0.4, -0.2) is 44.6 Å². The van der Waals surface area contributed by atoms with Gasteiger partial charge in [0.05, 0.1) is 0 Å². The van der Waals surface area contributed by atoms with E-state index in [1.165, 1.54) is 26.2 Å². The summed E-state index contributed by atoms with van der Waals surface area (Å²) in [6.07, 6.45) is 6.62. The number of anilines is 1. The first-order valence-corrected chi connectivity index (χ1v) is 10.2. The molecule has 7 nitrogen and oxygen atoms in total. The molecule has 4 rings (SSSR count). The number of carbonyl (C=O) groups excluding carboxylic acids is 2. The predicted molar refractivity (Wildman–Crippen MR) is 106 cm³/mol. The maximum atomic E-state index is 13.0. The van der Waals surface area contributed by atoms with Gasteiger partial charge in [-0.15, -0.1) is 10.2 Å². The first-order chi connectivity index (χ1) is 13.6. The SMILES string of the molecule is CC(=O)Nc1ccc(C(=O)N2CCCC(c3nnc4n3CCCCC4)C2)cc1. The first kappa shape index (κ1) is 18.7. The number of aromatic nitrogens is 3. The van der Waals surface area contributed by atoms with Crippen molar-refractivity contribution < 1.29 is 9.59 Å². The molecule has 2 aliphatic heterocycles. The summed E-state index contributed by atoms with van der Waals surface area (Å²) in [5, 5.41) is 11.7. The average molecular weight is 381 g/mol. The van der Waals surface area contributed by atoms with E-state index in [-0.39, 0.29) is 17.7 Å². The van der Waals surface area contributed by atoms with E-state index in [4.69, 9.17) is 0 Å².